The molecule has 0 aromatic heterocycles. The maximum Gasteiger partial charge on any atom is 0.330 e. The number of carboxylic acids is 1. The van der Waals surface area contributed by atoms with Crippen molar-refractivity contribution in [3.05, 3.63) is 24.3 Å². The van der Waals surface area contributed by atoms with E-state index in [1.165, 1.54) is 6.42 Å². The van der Waals surface area contributed by atoms with Crippen LogP contribution in [0, 0.1) is 5.92 Å². The fraction of sp³-hybridized carbons (Fsp3) is 0.500. The second kappa shape index (κ2) is 4.10. The minimum absolute atomic E-state index is 0.326. The van der Waals surface area contributed by atoms with Gasteiger partial charge in [-0.25, -0.2) is 4.79 Å². The molecule has 12 heavy (non-hydrogen) atoms. The van der Waals surface area contributed by atoms with Crippen LogP contribution in [-0.2, 0) is 4.79 Å². The smallest absolute Gasteiger partial charge is 0.330 e. The van der Waals surface area contributed by atoms with Crippen LogP contribution < -0.4 is 0 Å². The lowest BCUT2D eigenvalue weighted by Crippen LogP contribution is -2.07. The molecule has 0 bridgehead atoms. The summed E-state index contributed by atoms with van der Waals surface area (Å²) in [5.41, 5.74) is 0.326. The summed E-state index contributed by atoms with van der Waals surface area (Å²) in [6.07, 6.45) is 8.25. The summed E-state index contributed by atoms with van der Waals surface area (Å²) < 4.78 is 0. The number of carboxylic acid groups (broad SMARTS) is 1. The van der Waals surface area contributed by atoms with Crippen LogP contribution in [0.25, 0.3) is 0 Å². The van der Waals surface area contributed by atoms with E-state index >= 15 is 0 Å². The van der Waals surface area contributed by atoms with Crippen molar-refractivity contribution in [3.63, 3.8) is 0 Å². The first kappa shape index (κ1) is 9.04. The van der Waals surface area contributed by atoms with Crippen LogP contribution in [0.5, 0.6) is 0 Å². The fourth-order valence-corrected chi connectivity index (χ4v) is 1.46. The van der Waals surface area contributed by atoms with Gasteiger partial charge < -0.3 is 5.11 Å². The minimum atomic E-state index is -0.867. The van der Waals surface area contributed by atoms with Crippen molar-refractivity contribution in [1.82, 2.24) is 0 Å². The van der Waals surface area contributed by atoms with E-state index < -0.39 is 5.97 Å². The molecule has 66 valence electrons. The van der Waals surface area contributed by atoms with Crippen LogP contribution in [0.15, 0.2) is 24.3 Å². The standard InChI is InChI=1S/C10H14O2/c1-8(10(11)12)7-9-5-3-2-4-6-9/h3,5,9H,1-2,4,6-7H2,(H,11,12). The van der Waals surface area contributed by atoms with Gasteiger partial charge in [0.05, 0.1) is 0 Å². The summed E-state index contributed by atoms with van der Waals surface area (Å²) in [6, 6.07) is 0. The van der Waals surface area contributed by atoms with Crippen LogP contribution in [-0.4, -0.2) is 11.1 Å². The first-order valence-electron chi connectivity index (χ1n) is 4.28. The van der Waals surface area contributed by atoms with Gasteiger partial charge in [-0.05, 0) is 31.6 Å². The largest absolute Gasteiger partial charge is 0.478 e. The molecule has 0 aromatic rings. The number of hydrogen-bond acceptors (Lipinski definition) is 1. The predicted molar refractivity (Wildman–Crippen MR) is 47.9 cm³/mol. The van der Waals surface area contributed by atoms with Gasteiger partial charge in [0.1, 0.15) is 0 Å². The lowest BCUT2D eigenvalue weighted by atomic mass is 9.90. The van der Waals surface area contributed by atoms with E-state index in [0.29, 0.717) is 17.9 Å². The molecule has 0 heterocycles. The summed E-state index contributed by atoms with van der Waals surface area (Å²) in [5, 5.41) is 8.59. The predicted octanol–water partition coefficient (Wildman–Crippen LogP) is 2.37. The highest BCUT2D eigenvalue weighted by molar-refractivity contribution is 5.85. The van der Waals surface area contributed by atoms with E-state index in [1.54, 1.807) is 0 Å². The molecule has 1 N–H and O–H groups in total. The van der Waals surface area contributed by atoms with Crippen molar-refractivity contribution in [2.24, 2.45) is 5.92 Å². The Morgan fingerprint density at radius 2 is 2.42 bits per heavy atom. The number of allylic oxidation sites excluding steroid dienone is 2. The Balaban J connectivity index is 2.40. The zero-order valence-corrected chi connectivity index (χ0v) is 7.12. The van der Waals surface area contributed by atoms with Gasteiger partial charge in [0.15, 0.2) is 0 Å². The monoisotopic (exact) mass is 166 g/mol. The third-order valence-electron chi connectivity index (χ3n) is 2.16. The number of carbonyl (C=O) groups is 1. The zero-order valence-electron chi connectivity index (χ0n) is 7.12. The molecule has 0 spiro atoms. The van der Waals surface area contributed by atoms with Gasteiger partial charge in [0.2, 0.25) is 0 Å². The van der Waals surface area contributed by atoms with E-state index in [1.807, 2.05) is 0 Å². The van der Waals surface area contributed by atoms with E-state index in [9.17, 15) is 4.79 Å². The van der Waals surface area contributed by atoms with Gasteiger partial charge in [-0.1, -0.05) is 18.7 Å². The second-order valence-corrected chi connectivity index (χ2v) is 3.23. The highest BCUT2D eigenvalue weighted by Gasteiger charge is 2.12. The Hall–Kier alpha value is -1.05. The Labute approximate surface area is 72.6 Å². The summed E-state index contributed by atoms with van der Waals surface area (Å²) >= 11 is 0. The average molecular weight is 166 g/mol. The molecule has 1 aliphatic rings. The Morgan fingerprint density at radius 1 is 1.67 bits per heavy atom. The summed E-state index contributed by atoms with van der Waals surface area (Å²) in [6.45, 7) is 3.51. The number of aliphatic carboxylic acids is 1. The van der Waals surface area contributed by atoms with Crippen LogP contribution in [0.4, 0.5) is 0 Å². The van der Waals surface area contributed by atoms with Crippen LogP contribution >= 0.6 is 0 Å². The molecule has 1 aliphatic carbocycles. The first-order valence-corrected chi connectivity index (χ1v) is 4.28. The molecular formula is C10H14O2. The maximum atomic E-state index is 10.4. The molecule has 1 rings (SSSR count). The molecule has 0 aromatic carbocycles. The van der Waals surface area contributed by atoms with Gasteiger partial charge in [-0.2, -0.15) is 0 Å². The minimum Gasteiger partial charge on any atom is -0.478 e. The van der Waals surface area contributed by atoms with E-state index in [2.05, 4.69) is 18.7 Å². The van der Waals surface area contributed by atoms with E-state index in [4.69, 9.17) is 5.11 Å². The van der Waals surface area contributed by atoms with Gasteiger partial charge in [0.25, 0.3) is 0 Å². The topological polar surface area (TPSA) is 37.3 Å². The summed E-state index contributed by atoms with van der Waals surface area (Å²) in [7, 11) is 0. The molecule has 2 heteroatoms. The lowest BCUT2D eigenvalue weighted by molar-refractivity contribution is -0.132. The van der Waals surface area contributed by atoms with Crippen molar-refractivity contribution in [2.75, 3.05) is 0 Å². The van der Waals surface area contributed by atoms with Crippen molar-refractivity contribution in [2.45, 2.75) is 25.7 Å². The highest BCUT2D eigenvalue weighted by Crippen LogP contribution is 2.22. The maximum absolute atomic E-state index is 10.4. The molecule has 2 nitrogen and oxygen atoms in total. The average Bonchev–Trinajstić information content (AvgIpc) is 2.06. The van der Waals surface area contributed by atoms with E-state index in [0.717, 1.165) is 12.8 Å². The summed E-state index contributed by atoms with van der Waals surface area (Å²) in [5.74, 6) is -0.462. The highest BCUT2D eigenvalue weighted by atomic mass is 16.4. The van der Waals surface area contributed by atoms with Crippen molar-refractivity contribution < 1.29 is 9.90 Å². The quantitative estimate of drug-likeness (QED) is 0.516. The van der Waals surface area contributed by atoms with E-state index in [-0.39, 0.29) is 0 Å². The Morgan fingerprint density at radius 3 is 2.92 bits per heavy atom. The van der Waals surface area contributed by atoms with Gasteiger partial charge >= 0.3 is 5.97 Å². The number of hydrogen-bond donors (Lipinski definition) is 1. The molecule has 0 fully saturated rings. The van der Waals surface area contributed by atoms with Gasteiger partial charge in [-0.3, -0.25) is 0 Å². The Bertz CT molecular complexity index is 216. The van der Waals surface area contributed by atoms with Crippen molar-refractivity contribution in [3.8, 4) is 0 Å². The Kier molecular flexibility index (Phi) is 3.09. The molecule has 1 atom stereocenters. The normalized spacial score (nSPS) is 22.2. The van der Waals surface area contributed by atoms with Crippen LogP contribution in [0.2, 0.25) is 0 Å². The third-order valence-corrected chi connectivity index (χ3v) is 2.16. The second-order valence-electron chi connectivity index (χ2n) is 3.23. The SMILES string of the molecule is C=C(CC1C=CCCC1)C(=O)O. The molecule has 1 unspecified atom stereocenters. The molecule has 0 amide bonds. The fourth-order valence-electron chi connectivity index (χ4n) is 1.46. The summed E-state index contributed by atoms with van der Waals surface area (Å²) in [4.78, 5) is 10.4. The lowest BCUT2D eigenvalue weighted by Gasteiger charge is -2.15. The van der Waals surface area contributed by atoms with Crippen molar-refractivity contribution in [1.29, 1.82) is 0 Å². The number of rotatable bonds is 3. The van der Waals surface area contributed by atoms with Crippen LogP contribution in [0.1, 0.15) is 25.7 Å². The molecule has 0 saturated heterocycles. The van der Waals surface area contributed by atoms with Gasteiger partial charge in [-0.15, -0.1) is 0 Å². The molecule has 0 saturated carbocycles. The molecule has 0 radical (unpaired) electrons. The third kappa shape index (κ3) is 2.53. The first-order chi connectivity index (χ1) is 5.70. The van der Waals surface area contributed by atoms with Crippen LogP contribution in [0.3, 0.4) is 0 Å². The molecular weight excluding hydrogens is 152 g/mol. The zero-order chi connectivity index (χ0) is 8.97. The van der Waals surface area contributed by atoms with Crippen molar-refractivity contribution >= 4 is 5.97 Å². The molecule has 0 aliphatic heterocycles. The van der Waals surface area contributed by atoms with Gasteiger partial charge in [0, 0.05) is 5.57 Å².